The molecule has 0 fully saturated rings. The summed E-state index contributed by atoms with van der Waals surface area (Å²) in [6.45, 7) is 0.208. The molecule has 16 nitrogen and oxygen atoms in total. The van der Waals surface area contributed by atoms with Gasteiger partial charge < -0.3 is 9.47 Å². The Bertz CT molecular complexity index is 1180. The van der Waals surface area contributed by atoms with Gasteiger partial charge in [-0.25, -0.2) is 9.59 Å². The number of nitro benzene ring substituents is 4. The van der Waals surface area contributed by atoms with Gasteiger partial charge in [-0.05, 0) is 25.0 Å². The second-order valence-corrected chi connectivity index (χ2v) is 8.54. The van der Waals surface area contributed by atoms with Crippen molar-refractivity contribution in [3.05, 3.63) is 88.0 Å². The first-order valence-electron chi connectivity index (χ1n) is 12.2. The smallest absolute Gasteiger partial charge is 0.346 e. The van der Waals surface area contributed by atoms with Crippen molar-refractivity contribution in [2.75, 3.05) is 13.2 Å². The van der Waals surface area contributed by atoms with Crippen LogP contribution in [0.2, 0.25) is 0 Å². The number of esters is 2. The van der Waals surface area contributed by atoms with E-state index in [0.717, 1.165) is 74.9 Å². The van der Waals surface area contributed by atoms with Crippen molar-refractivity contribution in [1.82, 2.24) is 0 Å². The van der Waals surface area contributed by atoms with Crippen molar-refractivity contribution in [3.8, 4) is 0 Å². The van der Waals surface area contributed by atoms with Gasteiger partial charge in [-0.2, -0.15) is 0 Å². The second-order valence-electron chi connectivity index (χ2n) is 8.54. The fourth-order valence-electron chi connectivity index (χ4n) is 3.66. The lowest BCUT2D eigenvalue weighted by molar-refractivity contribution is -0.422. The average Bonchev–Trinajstić information content (AvgIpc) is 2.92. The molecular formula is C24H26N4O12. The summed E-state index contributed by atoms with van der Waals surface area (Å²) in [5.41, 5.74) is -3.27. The maximum atomic E-state index is 12.1. The van der Waals surface area contributed by atoms with Crippen LogP contribution >= 0.6 is 0 Å². The summed E-state index contributed by atoms with van der Waals surface area (Å²) >= 11 is 0. The number of hydrogen-bond donors (Lipinski definition) is 0. The average molecular weight is 562 g/mol. The van der Waals surface area contributed by atoms with Crippen molar-refractivity contribution in [3.63, 3.8) is 0 Å². The van der Waals surface area contributed by atoms with E-state index >= 15 is 0 Å². The van der Waals surface area contributed by atoms with Gasteiger partial charge in [0.1, 0.15) is 0 Å². The van der Waals surface area contributed by atoms with Crippen molar-refractivity contribution in [1.29, 1.82) is 0 Å². The monoisotopic (exact) mass is 562 g/mol. The summed E-state index contributed by atoms with van der Waals surface area (Å²) in [6.07, 6.45) is 6.35. The number of hydrogen-bond acceptors (Lipinski definition) is 12. The molecule has 0 radical (unpaired) electrons. The first kappa shape index (κ1) is 31.2. The maximum absolute atomic E-state index is 12.1. The minimum atomic E-state index is -0.931. The highest BCUT2D eigenvalue weighted by atomic mass is 16.6. The molecule has 0 bridgehead atoms. The molecule has 0 saturated carbocycles. The largest absolute Gasteiger partial charge is 0.462 e. The van der Waals surface area contributed by atoms with Crippen molar-refractivity contribution >= 4 is 34.7 Å². The standard InChI is InChI=1S/C24H26N4O12/c29-23(17-9-11-19(25(31)32)21(15-17)27(35)36)39-13-7-5-3-1-2-4-6-8-14-40-24(30)18-10-12-20(26(33)34)22(16-18)28(37)38/h9-12,15-16H,1-8,13-14H2. The molecule has 0 amide bonds. The normalized spacial score (nSPS) is 10.5. The third-order valence-corrected chi connectivity index (χ3v) is 5.71. The van der Waals surface area contributed by atoms with Crippen molar-refractivity contribution in [2.45, 2.75) is 51.4 Å². The highest BCUT2D eigenvalue weighted by Crippen LogP contribution is 2.29. The second kappa shape index (κ2) is 15.4. The number of nitro groups is 4. The zero-order valence-corrected chi connectivity index (χ0v) is 21.2. The van der Waals surface area contributed by atoms with Gasteiger partial charge >= 0.3 is 34.7 Å². The Kier molecular flexibility index (Phi) is 12.0. The molecule has 16 heteroatoms. The SMILES string of the molecule is O=C(OCCCCCCCCCCOC(=O)c1ccc([N+](=O)[O-])c([N+](=O)[O-])c1)c1ccc([N+](=O)[O-])c([N+](=O)[O-])c1. The van der Waals surface area contributed by atoms with Crippen LogP contribution in [0, 0.1) is 40.5 Å². The maximum Gasteiger partial charge on any atom is 0.346 e. The van der Waals surface area contributed by atoms with E-state index in [-0.39, 0.29) is 24.3 Å². The minimum Gasteiger partial charge on any atom is -0.462 e. The highest BCUT2D eigenvalue weighted by Gasteiger charge is 2.27. The zero-order valence-electron chi connectivity index (χ0n) is 21.2. The summed E-state index contributed by atoms with van der Waals surface area (Å²) in [7, 11) is 0. The Morgan fingerprint density at radius 2 is 0.800 bits per heavy atom. The van der Waals surface area contributed by atoms with Crippen LogP contribution in [0.15, 0.2) is 36.4 Å². The van der Waals surface area contributed by atoms with Crippen LogP contribution in [0.25, 0.3) is 0 Å². The van der Waals surface area contributed by atoms with Gasteiger partial charge in [0.2, 0.25) is 0 Å². The Balaban J connectivity index is 1.56. The van der Waals surface area contributed by atoms with Crippen LogP contribution < -0.4 is 0 Å². The summed E-state index contributed by atoms with van der Waals surface area (Å²) in [4.78, 5) is 64.2. The lowest BCUT2D eigenvalue weighted by Gasteiger charge is -2.06. The third-order valence-electron chi connectivity index (χ3n) is 5.71. The number of ether oxygens (including phenoxy) is 2. The first-order chi connectivity index (χ1) is 19.0. The fraction of sp³-hybridized carbons (Fsp3) is 0.417. The molecule has 40 heavy (non-hydrogen) atoms. The van der Waals surface area contributed by atoms with Crippen LogP contribution in [-0.2, 0) is 9.47 Å². The highest BCUT2D eigenvalue weighted by molar-refractivity contribution is 5.91. The summed E-state index contributed by atoms with van der Waals surface area (Å²) < 4.78 is 10.2. The van der Waals surface area contributed by atoms with Crippen LogP contribution in [0.1, 0.15) is 72.1 Å². The molecule has 2 aromatic carbocycles. The minimum absolute atomic E-state index is 0.104. The topological polar surface area (TPSA) is 225 Å². The van der Waals surface area contributed by atoms with E-state index in [4.69, 9.17) is 9.47 Å². The molecule has 2 rings (SSSR count). The summed E-state index contributed by atoms with van der Waals surface area (Å²) in [5, 5.41) is 43.7. The van der Waals surface area contributed by atoms with Crippen LogP contribution in [-0.4, -0.2) is 44.8 Å². The molecule has 0 aliphatic heterocycles. The number of carbonyl (C=O) groups excluding carboxylic acids is 2. The quantitative estimate of drug-likeness (QED) is 0.101. The van der Waals surface area contributed by atoms with Crippen LogP contribution in [0.5, 0.6) is 0 Å². The van der Waals surface area contributed by atoms with E-state index in [1.54, 1.807) is 0 Å². The Labute approximate surface area is 226 Å². The third kappa shape index (κ3) is 9.38. The van der Waals surface area contributed by atoms with Gasteiger partial charge in [-0.3, -0.25) is 40.5 Å². The molecule has 0 heterocycles. The van der Waals surface area contributed by atoms with Gasteiger partial charge in [0.25, 0.3) is 0 Å². The lowest BCUT2D eigenvalue weighted by Crippen LogP contribution is -2.08. The predicted molar refractivity (Wildman–Crippen MR) is 137 cm³/mol. The molecule has 214 valence electrons. The predicted octanol–water partition coefficient (Wildman–Crippen LogP) is 5.45. The molecule has 2 aromatic rings. The molecular weight excluding hydrogens is 536 g/mol. The van der Waals surface area contributed by atoms with Crippen LogP contribution in [0.4, 0.5) is 22.7 Å². The molecule has 0 N–H and O–H groups in total. The van der Waals surface area contributed by atoms with Crippen molar-refractivity contribution in [2.24, 2.45) is 0 Å². The lowest BCUT2D eigenvalue weighted by atomic mass is 10.1. The molecule has 0 aliphatic carbocycles. The molecule has 0 atom stereocenters. The van der Waals surface area contributed by atoms with E-state index < -0.39 is 54.4 Å². The number of unbranched alkanes of at least 4 members (excludes halogenated alkanes) is 7. The molecule has 0 saturated heterocycles. The van der Waals surface area contributed by atoms with Gasteiger partial charge in [0.15, 0.2) is 0 Å². The van der Waals surface area contributed by atoms with Crippen LogP contribution in [0.3, 0.4) is 0 Å². The van der Waals surface area contributed by atoms with Gasteiger partial charge in [-0.1, -0.05) is 38.5 Å². The van der Waals surface area contributed by atoms with Gasteiger partial charge in [0.05, 0.1) is 44.0 Å². The fourth-order valence-corrected chi connectivity index (χ4v) is 3.66. The van der Waals surface area contributed by atoms with E-state index in [1.165, 1.54) is 0 Å². The van der Waals surface area contributed by atoms with E-state index in [2.05, 4.69) is 0 Å². The van der Waals surface area contributed by atoms with E-state index in [1.807, 2.05) is 0 Å². The summed E-state index contributed by atoms with van der Waals surface area (Å²) in [6, 6.07) is 5.65. The van der Waals surface area contributed by atoms with Crippen molar-refractivity contribution < 1.29 is 38.8 Å². The number of benzene rings is 2. The van der Waals surface area contributed by atoms with Gasteiger partial charge in [-0.15, -0.1) is 0 Å². The number of nitrogens with zero attached hydrogens (tertiary/aromatic N) is 4. The molecule has 0 spiro atoms. The summed E-state index contributed by atoms with van der Waals surface area (Å²) in [5.74, 6) is -1.60. The Morgan fingerprint density at radius 3 is 1.10 bits per heavy atom. The molecule has 0 unspecified atom stereocenters. The molecule has 0 aliphatic rings. The Hall–Kier alpha value is -5.02. The zero-order chi connectivity index (χ0) is 29.7. The first-order valence-corrected chi connectivity index (χ1v) is 12.2. The van der Waals surface area contributed by atoms with E-state index in [9.17, 15) is 50.0 Å². The molecule has 0 aromatic heterocycles. The Morgan fingerprint density at radius 1 is 0.500 bits per heavy atom. The van der Waals surface area contributed by atoms with E-state index in [0.29, 0.717) is 12.8 Å². The number of rotatable bonds is 17. The van der Waals surface area contributed by atoms with Gasteiger partial charge in [0, 0.05) is 24.3 Å². The number of carbonyl (C=O) groups is 2.